The van der Waals surface area contributed by atoms with Crippen molar-refractivity contribution in [3.63, 3.8) is 0 Å². The molecule has 2 nitrogen and oxygen atoms in total. The summed E-state index contributed by atoms with van der Waals surface area (Å²) in [5, 5.41) is 10.1. The first-order valence-corrected chi connectivity index (χ1v) is 8.14. The molecule has 2 aromatic rings. The van der Waals surface area contributed by atoms with Gasteiger partial charge in [0.2, 0.25) is 0 Å². The van der Waals surface area contributed by atoms with E-state index in [0.717, 1.165) is 20.7 Å². The minimum atomic E-state index is -0.369. The smallest absolute Gasteiger partial charge is 0.119 e. The monoisotopic (exact) mass is 352 g/mol. The van der Waals surface area contributed by atoms with Gasteiger partial charge < -0.3 is 9.84 Å². The van der Waals surface area contributed by atoms with E-state index in [1.165, 1.54) is 0 Å². The summed E-state index contributed by atoms with van der Waals surface area (Å²) in [5.74, 6) is 1.50. The van der Waals surface area contributed by atoms with Gasteiger partial charge in [-0.2, -0.15) is 0 Å². The predicted octanol–water partition coefficient (Wildman–Crippen LogP) is 4.15. The first-order chi connectivity index (χ1) is 9.67. The van der Waals surface area contributed by atoms with Crippen molar-refractivity contribution in [3.05, 3.63) is 58.6 Å². The van der Waals surface area contributed by atoms with Gasteiger partial charge in [-0.1, -0.05) is 34.1 Å². The van der Waals surface area contributed by atoms with Crippen LogP contribution in [-0.4, -0.2) is 24.1 Å². The van der Waals surface area contributed by atoms with E-state index in [9.17, 15) is 5.11 Å². The number of ether oxygens (including phenoxy) is 1. The van der Waals surface area contributed by atoms with Gasteiger partial charge in [-0.15, -0.1) is 11.8 Å². The molecule has 106 valence electrons. The lowest BCUT2D eigenvalue weighted by Gasteiger charge is -2.11. The largest absolute Gasteiger partial charge is 0.497 e. The van der Waals surface area contributed by atoms with E-state index in [0.29, 0.717) is 12.2 Å². The number of aliphatic hydroxyl groups excluding tert-OH is 1. The van der Waals surface area contributed by atoms with E-state index in [1.54, 1.807) is 18.9 Å². The first kappa shape index (κ1) is 15.4. The van der Waals surface area contributed by atoms with Crippen LogP contribution in [-0.2, 0) is 6.42 Å². The van der Waals surface area contributed by atoms with Gasteiger partial charge in [0.15, 0.2) is 0 Å². The van der Waals surface area contributed by atoms with Crippen LogP contribution in [0, 0.1) is 0 Å². The van der Waals surface area contributed by atoms with Gasteiger partial charge in [-0.25, -0.2) is 0 Å². The topological polar surface area (TPSA) is 29.5 Å². The van der Waals surface area contributed by atoms with Gasteiger partial charge in [0, 0.05) is 15.1 Å². The number of hydrogen-bond donors (Lipinski definition) is 1. The second-order valence-electron chi connectivity index (χ2n) is 4.48. The average molecular weight is 353 g/mol. The number of benzene rings is 2. The highest BCUT2D eigenvalue weighted by molar-refractivity contribution is 9.10. The van der Waals surface area contributed by atoms with Crippen LogP contribution in [0.2, 0.25) is 0 Å². The van der Waals surface area contributed by atoms with Gasteiger partial charge in [-0.05, 0) is 42.3 Å². The summed E-state index contributed by atoms with van der Waals surface area (Å²) in [6, 6.07) is 15.9. The molecule has 1 unspecified atom stereocenters. The van der Waals surface area contributed by atoms with E-state index in [-0.39, 0.29) is 6.10 Å². The van der Waals surface area contributed by atoms with Gasteiger partial charge >= 0.3 is 0 Å². The lowest BCUT2D eigenvalue weighted by Crippen LogP contribution is -2.13. The Morgan fingerprint density at radius 2 is 2.00 bits per heavy atom. The van der Waals surface area contributed by atoms with Crippen LogP contribution in [0.25, 0.3) is 0 Å². The summed E-state index contributed by atoms with van der Waals surface area (Å²) < 4.78 is 6.25. The molecule has 4 heteroatoms. The third-order valence-electron chi connectivity index (χ3n) is 2.84. The number of rotatable bonds is 6. The van der Waals surface area contributed by atoms with Crippen molar-refractivity contribution in [2.45, 2.75) is 17.4 Å². The highest BCUT2D eigenvalue weighted by atomic mass is 79.9. The Balaban J connectivity index is 1.87. The van der Waals surface area contributed by atoms with Crippen LogP contribution in [0.1, 0.15) is 5.56 Å². The molecule has 0 aliphatic rings. The fourth-order valence-electron chi connectivity index (χ4n) is 1.88. The molecule has 2 aromatic carbocycles. The fraction of sp³-hybridized carbons (Fsp3) is 0.250. The summed E-state index contributed by atoms with van der Waals surface area (Å²) >= 11 is 5.11. The Labute approximate surface area is 132 Å². The second-order valence-corrected chi connectivity index (χ2v) is 6.49. The normalized spacial score (nSPS) is 12.2. The van der Waals surface area contributed by atoms with Crippen LogP contribution >= 0.6 is 27.7 Å². The zero-order valence-electron chi connectivity index (χ0n) is 11.3. The Morgan fingerprint density at radius 1 is 1.20 bits per heavy atom. The van der Waals surface area contributed by atoms with E-state index in [4.69, 9.17) is 4.74 Å². The Hall–Kier alpha value is -0.970. The second kappa shape index (κ2) is 7.72. The summed E-state index contributed by atoms with van der Waals surface area (Å²) in [5.41, 5.74) is 1.09. The van der Waals surface area contributed by atoms with Crippen molar-refractivity contribution in [3.8, 4) is 5.75 Å². The highest BCUT2D eigenvalue weighted by Gasteiger charge is 2.07. The lowest BCUT2D eigenvalue weighted by atomic mass is 10.1. The molecule has 0 bridgehead atoms. The number of halogens is 1. The average Bonchev–Trinajstić information content (AvgIpc) is 2.45. The van der Waals surface area contributed by atoms with Gasteiger partial charge in [0.25, 0.3) is 0 Å². The zero-order valence-corrected chi connectivity index (χ0v) is 13.7. The van der Waals surface area contributed by atoms with Gasteiger partial charge in [0.05, 0.1) is 13.2 Å². The summed E-state index contributed by atoms with van der Waals surface area (Å²) in [7, 11) is 1.65. The third kappa shape index (κ3) is 4.85. The van der Waals surface area contributed by atoms with E-state index in [1.807, 2.05) is 42.5 Å². The molecule has 0 aromatic heterocycles. The molecule has 0 saturated carbocycles. The van der Waals surface area contributed by atoms with Crippen LogP contribution < -0.4 is 4.74 Å². The Kier molecular flexibility index (Phi) is 5.95. The molecule has 0 aliphatic heterocycles. The van der Waals surface area contributed by atoms with Crippen molar-refractivity contribution >= 4 is 27.7 Å². The van der Waals surface area contributed by atoms with Crippen molar-refractivity contribution < 1.29 is 9.84 Å². The van der Waals surface area contributed by atoms with Crippen LogP contribution in [0.4, 0.5) is 0 Å². The SMILES string of the molecule is COc1cccc(CC(O)CSc2cccc(Br)c2)c1. The van der Waals surface area contributed by atoms with Crippen molar-refractivity contribution in [1.29, 1.82) is 0 Å². The number of methoxy groups -OCH3 is 1. The quantitative estimate of drug-likeness (QED) is 0.791. The van der Waals surface area contributed by atoms with Crippen molar-refractivity contribution in [2.75, 3.05) is 12.9 Å². The van der Waals surface area contributed by atoms with Crippen LogP contribution in [0.3, 0.4) is 0 Å². The molecule has 0 fully saturated rings. The Morgan fingerprint density at radius 3 is 2.75 bits per heavy atom. The zero-order chi connectivity index (χ0) is 14.4. The standard InChI is InChI=1S/C16H17BrO2S/c1-19-15-6-2-4-12(9-15)8-14(18)11-20-16-7-3-5-13(17)10-16/h2-7,9-10,14,18H,8,11H2,1H3. The maximum atomic E-state index is 10.1. The molecule has 0 aliphatic carbocycles. The molecular weight excluding hydrogens is 336 g/mol. The van der Waals surface area contributed by atoms with Crippen LogP contribution in [0.5, 0.6) is 5.75 Å². The molecule has 0 heterocycles. The fourth-order valence-corrected chi connectivity index (χ4v) is 3.32. The molecule has 0 radical (unpaired) electrons. The molecule has 0 spiro atoms. The predicted molar refractivity (Wildman–Crippen MR) is 87.6 cm³/mol. The molecule has 2 rings (SSSR count). The first-order valence-electron chi connectivity index (χ1n) is 6.37. The van der Waals surface area contributed by atoms with Gasteiger partial charge in [-0.3, -0.25) is 0 Å². The van der Waals surface area contributed by atoms with Crippen molar-refractivity contribution in [1.82, 2.24) is 0 Å². The highest BCUT2D eigenvalue weighted by Crippen LogP contribution is 2.23. The lowest BCUT2D eigenvalue weighted by molar-refractivity contribution is 0.200. The van der Waals surface area contributed by atoms with Crippen molar-refractivity contribution in [2.24, 2.45) is 0 Å². The minimum absolute atomic E-state index is 0.369. The molecule has 0 saturated heterocycles. The van der Waals surface area contributed by atoms with Crippen LogP contribution in [0.15, 0.2) is 57.9 Å². The summed E-state index contributed by atoms with van der Waals surface area (Å²) in [4.78, 5) is 1.16. The van der Waals surface area contributed by atoms with E-state index < -0.39 is 0 Å². The number of hydrogen-bond acceptors (Lipinski definition) is 3. The molecule has 0 amide bonds. The minimum Gasteiger partial charge on any atom is -0.497 e. The third-order valence-corrected chi connectivity index (χ3v) is 4.48. The molecule has 1 N–H and O–H groups in total. The van der Waals surface area contributed by atoms with Gasteiger partial charge in [0.1, 0.15) is 5.75 Å². The molecule has 1 atom stereocenters. The van der Waals surface area contributed by atoms with E-state index in [2.05, 4.69) is 22.0 Å². The molecular formula is C16H17BrO2S. The Bertz CT molecular complexity index is 560. The summed E-state index contributed by atoms with van der Waals surface area (Å²) in [6.07, 6.45) is 0.268. The van der Waals surface area contributed by atoms with E-state index >= 15 is 0 Å². The maximum Gasteiger partial charge on any atom is 0.119 e. The number of aliphatic hydroxyl groups is 1. The summed E-state index contributed by atoms with van der Waals surface area (Å²) in [6.45, 7) is 0. The molecule has 20 heavy (non-hydrogen) atoms. The number of thioether (sulfide) groups is 1. The maximum absolute atomic E-state index is 10.1.